The van der Waals surface area contributed by atoms with E-state index < -0.39 is 22.4 Å². The number of hydrogen-bond donors (Lipinski definition) is 0. The number of ketones is 1. The van der Waals surface area contributed by atoms with Crippen molar-refractivity contribution in [2.24, 2.45) is 0 Å². The van der Waals surface area contributed by atoms with Crippen molar-refractivity contribution in [3.05, 3.63) is 35.4 Å². The summed E-state index contributed by atoms with van der Waals surface area (Å²) in [5.41, 5.74) is 0.215. The lowest BCUT2D eigenvalue weighted by Gasteiger charge is -2.16. The van der Waals surface area contributed by atoms with Crippen molar-refractivity contribution in [2.75, 3.05) is 0 Å². The van der Waals surface area contributed by atoms with E-state index in [0.717, 1.165) is 18.2 Å². The van der Waals surface area contributed by atoms with Gasteiger partial charge in [0.2, 0.25) is 0 Å². The highest BCUT2D eigenvalue weighted by Gasteiger charge is 2.23. The van der Waals surface area contributed by atoms with Crippen LogP contribution in [0.5, 0.6) is 0 Å². The summed E-state index contributed by atoms with van der Waals surface area (Å²) in [5.74, 6) is -1.49. The molecule has 1 nitrogen and oxygen atoms in total. The summed E-state index contributed by atoms with van der Waals surface area (Å²) in [7, 11) is 0. The van der Waals surface area contributed by atoms with E-state index in [4.69, 9.17) is 0 Å². The molecule has 0 saturated carbocycles. The zero-order valence-electron chi connectivity index (χ0n) is 8.43. The number of Topliss-reactive ketones (excluding diaryl/α,β-unsaturated/α-hetero) is 1. The molecule has 2 atom stereocenters. The van der Waals surface area contributed by atoms with E-state index in [2.05, 4.69) is 15.9 Å². The van der Waals surface area contributed by atoms with Crippen LogP contribution in [-0.4, -0.2) is 10.6 Å². The number of halogens is 3. The van der Waals surface area contributed by atoms with Gasteiger partial charge in [-0.3, -0.25) is 4.79 Å². The van der Waals surface area contributed by atoms with Crippen LogP contribution in [0.4, 0.5) is 8.78 Å². The van der Waals surface area contributed by atoms with E-state index in [1.165, 1.54) is 6.92 Å². The molecular formula is C11H11BrF2O. The second kappa shape index (κ2) is 4.84. The summed E-state index contributed by atoms with van der Waals surface area (Å²) in [6.45, 7) is 3.09. The summed E-state index contributed by atoms with van der Waals surface area (Å²) in [4.78, 5) is 10.6. The third kappa shape index (κ3) is 2.84. The minimum absolute atomic E-state index is 0.105. The third-order valence-corrected chi connectivity index (χ3v) is 3.71. The van der Waals surface area contributed by atoms with E-state index in [1.54, 1.807) is 6.92 Å². The van der Waals surface area contributed by atoms with Crippen LogP contribution in [0.1, 0.15) is 25.3 Å². The molecule has 15 heavy (non-hydrogen) atoms. The number of rotatable bonds is 3. The standard InChI is InChI=1S/C11H11BrF2O/c1-6(11(12)7(2)15)9-5-8(13)3-4-10(9)14/h3-6,11H,1-2H3. The lowest BCUT2D eigenvalue weighted by Crippen LogP contribution is -2.18. The van der Waals surface area contributed by atoms with Crippen LogP contribution in [0.2, 0.25) is 0 Å². The van der Waals surface area contributed by atoms with Crippen LogP contribution in [0.3, 0.4) is 0 Å². The van der Waals surface area contributed by atoms with Crippen LogP contribution in [0.25, 0.3) is 0 Å². The molecule has 2 unspecified atom stereocenters. The number of alkyl halides is 1. The van der Waals surface area contributed by atoms with Crippen LogP contribution in [-0.2, 0) is 4.79 Å². The first-order valence-electron chi connectivity index (χ1n) is 4.53. The van der Waals surface area contributed by atoms with Gasteiger partial charge in [0.15, 0.2) is 0 Å². The Hall–Kier alpha value is -0.770. The molecule has 0 spiro atoms. The fraction of sp³-hybridized carbons (Fsp3) is 0.364. The number of hydrogen-bond acceptors (Lipinski definition) is 1. The maximum absolute atomic E-state index is 13.3. The number of benzene rings is 1. The van der Waals surface area contributed by atoms with Crippen molar-refractivity contribution in [1.82, 2.24) is 0 Å². The monoisotopic (exact) mass is 276 g/mol. The summed E-state index contributed by atoms with van der Waals surface area (Å²) in [5, 5.41) is 0. The Labute approximate surface area is 95.6 Å². The van der Waals surface area contributed by atoms with Gasteiger partial charge in [0, 0.05) is 5.92 Å². The molecule has 0 heterocycles. The zero-order chi connectivity index (χ0) is 11.6. The van der Waals surface area contributed by atoms with Crippen molar-refractivity contribution < 1.29 is 13.6 Å². The van der Waals surface area contributed by atoms with Crippen LogP contribution >= 0.6 is 15.9 Å². The Morgan fingerprint density at radius 2 is 2.00 bits per heavy atom. The van der Waals surface area contributed by atoms with Gasteiger partial charge in [0.25, 0.3) is 0 Å². The Balaban J connectivity index is 3.04. The Kier molecular flexibility index (Phi) is 3.97. The minimum atomic E-state index is -0.499. The van der Waals surface area contributed by atoms with Gasteiger partial charge < -0.3 is 0 Å². The number of carbonyl (C=O) groups is 1. The van der Waals surface area contributed by atoms with E-state index in [9.17, 15) is 13.6 Å². The molecule has 1 rings (SSSR count). The molecule has 0 amide bonds. The highest BCUT2D eigenvalue weighted by Crippen LogP contribution is 2.27. The van der Waals surface area contributed by atoms with E-state index in [-0.39, 0.29) is 11.3 Å². The average Bonchev–Trinajstić information content (AvgIpc) is 2.19. The molecule has 0 aliphatic heterocycles. The lowest BCUT2D eigenvalue weighted by molar-refractivity contribution is -0.116. The maximum atomic E-state index is 13.3. The molecule has 0 aliphatic carbocycles. The molecule has 0 saturated heterocycles. The zero-order valence-corrected chi connectivity index (χ0v) is 10.0. The lowest BCUT2D eigenvalue weighted by atomic mass is 9.95. The fourth-order valence-electron chi connectivity index (χ4n) is 1.37. The predicted molar refractivity (Wildman–Crippen MR) is 58.2 cm³/mol. The van der Waals surface area contributed by atoms with Gasteiger partial charge in [-0.15, -0.1) is 0 Å². The first-order valence-corrected chi connectivity index (χ1v) is 5.44. The highest BCUT2D eigenvalue weighted by molar-refractivity contribution is 9.10. The van der Waals surface area contributed by atoms with Gasteiger partial charge in [0.1, 0.15) is 17.4 Å². The van der Waals surface area contributed by atoms with E-state index in [0.29, 0.717) is 0 Å². The molecule has 0 N–H and O–H groups in total. The average molecular weight is 277 g/mol. The summed E-state index contributed by atoms with van der Waals surface area (Å²) < 4.78 is 26.3. The van der Waals surface area contributed by atoms with Crippen molar-refractivity contribution in [2.45, 2.75) is 24.6 Å². The fourth-order valence-corrected chi connectivity index (χ4v) is 1.66. The molecular weight excluding hydrogens is 266 g/mol. The van der Waals surface area contributed by atoms with Gasteiger partial charge in [-0.1, -0.05) is 22.9 Å². The molecule has 0 aliphatic rings. The molecule has 1 aromatic carbocycles. The normalized spacial score (nSPS) is 14.7. The Morgan fingerprint density at radius 3 is 2.53 bits per heavy atom. The third-order valence-electron chi connectivity index (χ3n) is 2.28. The molecule has 0 fully saturated rings. The van der Waals surface area contributed by atoms with E-state index >= 15 is 0 Å². The summed E-state index contributed by atoms with van der Waals surface area (Å²) in [6.07, 6.45) is 0. The summed E-state index contributed by atoms with van der Waals surface area (Å²) in [6, 6.07) is 3.25. The van der Waals surface area contributed by atoms with Crippen molar-refractivity contribution >= 4 is 21.7 Å². The first-order chi connectivity index (χ1) is 6.93. The maximum Gasteiger partial charge on any atom is 0.144 e. The molecule has 0 bridgehead atoms. The topological polar surface area (TPSA) is 17.1 Å². The smallest absolute Gasteiger partial charge is 0.144 e. The molecule has 0 radical (unpaired) electrons. The predicted octanol–water partition coefficient (Wildman–Crippen LogP) is 3.42. The molecule has 4 heteroatoms. The van der Waals surface area contributed by atoms with Crippen LogP contribution < -0.4 is 0 Å². The molecule has 1 aromatic rings. The van der Waals surface area contributed by atoms with Crippen molar-refractivity contribution in [3.63, 3.8) is 0 Å². The number of carbonyl (C=O) groups excluding carboxylic acids is 1. The first kappa shape index (κ1) is 12.3. The second-order valence-corrected chi connectivity index (χ2v) is 4.45. The van der Waals surface area contributed by atoms with Gasteiger partial charge in [0.05, 0.1) is 4.83 Å². The minimum Gasteiger partial charge on any atom is -0.299 e. The second-order valence-electron chi connectivity index (χ2n) is 3.47. The quantitative estimate of drug-likeness (QED) is 0.774. The molecule has 0 aromatic heterocycles. The van der Waals surface area contributed by atoms with Crippen molar-refractivity contribution in [3.8, 4) is 0 Å². The van der Waals surface area contributed by atoms with Gasteiger partial charge in [-0.25, -0.2) is 8.78 Å². The Bertz CT molecular complexity index is 379. The Morgan fingerprint density at radius 1 is 1.40 bits per heavy atom. The van der Waals surface area contributed by atoms with Gasteiger partial charge in [-0.2, -0.15) is 0 Å². The van der Waals surface area contributed by atoms with Crippen LogP contribution in [0.15, 0.2) is 18.2 Å². The van der Waals surface area contributed by atoms with Crippen LogP contribution in [0, 0.1) is 11.6 Å². The van der Waals surface area contributed by atoms with Gasteiger partial charge in [-0.05, 0) is 30.7 Å². The van der Waals surface area contributed by atoms with Crippen molar-refractivity contribution in [1.29, 1.82) is 0 Å². The van der Waals surface area contributed by atoms with E-state index in [1.807, 2.05) is 0 Å². The summed E-state index contributed by atoms with van der Waals surface area (Å²) >= 11 is 3.16. The van der Waals surface area contributed by atoms with Gasteiger partial charge >= 0.3 is 0 Å². The molecule has 82 valence electrons. The highest BCUT2D eigenvalue weighted by atomic mass is 79.9. The SMILES string of the molecule is CC(=O)C(Br)C(C)c1cc(F)ccc1F. The largest absolute Gasteiger partial charge is 0.299 e.